The summed E-state index contributed by atoms with van der Waals surface area (Å²) in [5.74, 6) is -2.53. The summed E-state index contributed by atoms with van der Waals surface area (Å²) >= 11 is 7.54. The Hall–Kier alpha value is -6.15. The standard InChI is InChI=1S/C42H42ClN7O11S/c1-22-34-36(24-9-11-25(43)12-10-24)45-27(20-33(54)58-3)38-48-47-23(2)49(38)42(34)62-37(22)29(51)7-5-16-59-18-19-60-17-15-44-32(53)21-61-30-8-4-6-26-35(30)41(57)50(40(26)56)28-13-14-31(52)46-39(28)55/h4,6,8-12,27-28H,5,7,13-21H2,1-3H3,(H,44,53)(H,46,52,55)/t27-,28?/m0/s1. The second-order valence-corrected chi connectivity index (χ2v) is 15.9. The first-order chi connectivity index (χ1) is 29.9. The molecule has 1 fully saturated rings. The summed E-state index contributed by atoms with van der Waals surface area (Å²) in [5, 5.41) is 14.8. The Morgan fingerprint density at radius 3 is 2.45 bits per heavy atom. The van der Waals surface area contributed by atoms with Crippen molar-refractivity contribution >= 4 is 69.9 Å². The van der Waals surface area contributed by atoms with Gasteiger partial charge in [-0.3, -0.25) is 53.3 Å². The molecule has 18 nitrogen and oxygen atoms in total. The van der Waals surface area contributed by atoms with E-state index < -0.39 is 54.2 Å². The fourth-order valence-corrected chi connectivity index (χ4v) is 8.82. The van der Waals surface area contributed by atoms with Gasteiger partial charge >= 0.3 is 5.97 Å². The fraction of sp³-hybridized carbons (Fsp3) is 0.381. The Bertz CT molecular complexity index is 2480. The number of Topliss-reactive ketones (excluding diaryl/α,β-unsaturated/α-hetero) is 1. The fourth-order valence-electron chi connectivity index (χ4n) is 7.36. The van der Waals surface area contributed by atoms with E-state index in [2.05, 4.69) is 20.8 Å². The molecular formula is C42H42ClN7O11S. The molecule has 0 spiro atoms. The Morgan fingerprint density at radius 1 is 0.952 bits per heavy atom. The number of ether oxygens (including phenoxy) is 4. The number of piperidine rings is 1. The molecule has 0 aliphatic carbocycles. The van der Waals surface area contributed by atoms with Crippen molar-refractivity contribution < 1.29 is 52.5 Å². The van der Waals surface area contributed by atoms with Crippen LogP contribution < -0.4 is 15.4 Å². The van der Waals surface area contributed by atoms with E-state index in [-0.39, 0.29) is 74.7 Å². The highest BCUT2D eigenvalue weighted by molar-refractivity contribution is 7.17. The van der Waals surface area contributed by atoms with Gasteiger partial charge in [-0.2, -0.15) is 0 Å². The molecule has 7 rings (SSSR count). The number of imide groups is 2. The molecule has 3 aliphatic rings. The maximum absolute atomic E-state index is 13.7. The van der Waals surface area contributed by atoms with Crippen molar-refractivity contribution in [2.75, 3.05) is 46.7 Å². The van der Waals surface area contributed by atoms with Gasteiger partial charge < -0.3 is 24.3 Å². The third kappa shape index (κ3) is 9.20. The number of methoxy groups -OCH3 is 1. The molecule has 62 heavy (non-hydrogen) atoms. The third-order valence-electron chi connectivity index (χ3n) is 10.4. The number of hydrogen-bond acceptors (Lipinski definition) is 15. The second kappa shape index (κ2) is 19.3. The molecule has 0 bridgehead atoms. The number of halogens is 1. The predicted molar refractivity (Wildman–Crippen MR) is 222 cm³/mol. The number of carbonyl (C=O) groups is 7. The first-order valence-corrected chi connectivity index (χ1v) is 21.0. The van der Waals surface area contributed by atoms with Crippen LogP contribution in [0.25, 0.3) is 5.00 Å². The van der Waals surface area contributed by atoms with Gasteiger partial charge in [0.2, 0.25) is 11.8 Å². The van der Waals surface area contributed by atoms with Crippen molar-refractivity contribution in [1.82, 2.24) is 30.3 Å². The summed E-state index contributed by atoms with van der Waals surface area (Å²) in [5.41, 5.74) is 2.87. The molecule has 2 atom stereocenters. The highest BCUT2D eigenvalue weighted by Crippen LogP contribution is 2.41. The van der Waals surface area contributed by atoms with E-state index >= 15 is 0 Å². The van der Waals surface area contributed by atoms with Gasteiger partial charge in [0.15, 0.2) is 18.2 Å². The summed E-state index contributed by atoms with van der Waals surface area (Å²) in [4.78, 5) is 95.2. The van der Waals surface area contributed by atoms with E-state index in [0.29, 0.717) is 40.3 Å². The lowest BCUT2D eigenvalue weighted by Gasteiger charge is -2.27. The van der Waals surface area contributed by atoms with Crippen LogP contribution in [0.3, 0.4) is 0 Å². The van der Waals surface area contributed by atoms with Gasteiger partial charge in [0, 0.05) is 42.1 Å². The molecule has 20 heteroatoms. The number of esters is 1. The van der Waals surface area contributed by atoms with Crippen LogP contribution in [0.15, 0.2) is 47.5 Å². The number of nitrogens with zero attached hydrogens (tertiary/aromatic N) is 5. The zero-order chi connectivity index (χ0) is 44.1. The molecule has 0 saturated carbocycles. The minimum atomic E-state index is -1.12. The number of carbonyl (C=O) groups excluding carboxylic acids is 7. The van der Waals surface area contributed by atoms with E-state index in [1.165, 1.54) is 36.6 Å². The molecule has 1 saturated heterocycles. The van der Waals surface area contributed by atoms with E-state index in [0.717, 1.165) is 26.6 Å². The zero-order valence-electron chi connectivity index (χ0n) is 34.0. The van der Waals surface area contributed by atoms with Crippen LogP contribution >= 0.6 is 22.9 Å². The van der Waals surface area contributed by atoms with Gasteiger partial charge in [-0.25, -0.2) is 0 Å². The van der Waals surface area contributed by atoms with Gasteiger partial charge in [0.1, 0.15) is 28.7 Å². The molecule has 4 aromatic rings. The number of hydrogen-bond donors (Lipinski definition) is 2. The van der Waals surface area contributed by atoms with Gasteiger partial charge in [-0.05, 0) is 56.5 Å². The number of thiophene rings is 1. The van der Waals surface area contributed by atoms with Crippen molar-refractivity contribution in [2.24, 2.45) is 4.99 Å². The maximum Gasteiger partial charge on any atom is 0.308 e. The molecular weight excluding hydrogens is 846 g/mol. The zero-order valence-corrected chi connectivity index (χ0v) is 35.6. The van der Waals surface area contributed by atoms with Crippen molar-refractivity contribution in [2.45, 2.75) is 58.0 Å². The van der Waals surface area contributed by atoms with Crippen LogP contribution in [0, 0.1) is 13.8 Å². The number of aryl methyl sites for hydroxylation is 1. The highest BCUT2D eigenvalue weighted by Gasteiger charge is 2.46. The Balaban J connectivity index is 0.850. The largest absolute Gasteiger partial charge is 0.483 e. The van der Waals surface area contributed by atoms with Crippen LogP contribution in [0.5, 0.6) is 5.75 Å². The molecule has 324 valence electrons. The molecule has 2 aromatic heterocycles. The normalized spacial score (nSPS) is 16.8. The number of ketones is 1. The monoisotopic (exact) mass is 887 g/mol. The molecule has 2 aromatic carbocycles. The highest BCUT2D eigenvalue weighted by atomic mass is 35.5. The third-order valence-corrected chi connectivity index (χ3v) is 12.0. The van der Waals surface area contributed by atoms with Crippen LogP contribution in [0.2, 0.25) is 5.02 Å². The number of aliphatic imine (C=N–C) groups is 1. The van der Waals surface area contributed by atoms with Crippen LogP contribution in [-0.2, 0) is 33.4 Å². The number of amides is 5. The second-order valence-electron chi connectivity index (χ2n) is 14.5. The lowest BCUT2D eigenvalue weighted by molar-refractivity contribution is -0.141. The Labute approximate surface area is 363 Å². The van der Waals surface area contributed by atoms with Gasteiger partial charge in [0.05, 0.1) is 55.1 Å². The summed E-state index contributed by atoms with van der Waals surface area (Å²) in [6, 6.07) is 9.81. The van der Waals surface area contributed by atoms with Gasteiger partial charge in [-0.1, -0.05) is 29.8 Å². The molecule has 3 aliphatic heterocycles. The minimum absolute atomic E-state index is 0.00605. The predicted octanol–water partition coefficient (Wildman–Crippen LogP) is 3.65. The Kier molecular flexibility index (Phi) is 13.7. The molecule has 5 heterocycles. The molecule has 1 unspecified atom stereocenters. The lowest BCUT2D eigenvalue weighted by atomic mass is 9.98. The van der Waals surface area contributed by atoms with Crippen LogP contribution in [0.1, 0.15) is 96.9 Å². The number of fused-ring (bicyclic) bond motifs is 4. The van der Waals surface area contributed by atoms with Crippen molar-refractivity contribution in [3.05, 3.63) is 91.8 Å². The first-order valence-electron chi connectivity index (χ1n) is 19.8. The smallest absolute Gasteiger partial charge is 0.308 e. The molecule has 2 N–H and O–H groups in total. The quantitative estimate of drug-likeness (QED) is 0.0631. The summed E-state index contributed by atoms with van der Waals surface area (Å²) in [6.45, 7) is 4.43. The van der Waals surface area contributed by atoms with Crippen LogP contribution in [-0.4, -0.2) is 119 Å². The SMILES string of the molecule is COC(=O)C[C@@H]1N=C(c2ccc(Cl)cc2)c2c(sc(C(=O)CCCOCCOCCNC(=O)COc3cccc4c3C(=O)N(C3CCC(=O)NC3=O)C4=O)c2C)-n2c(C)nnc21. The molecule has 0 radical (unpaired) electrons. The average molecular weight is 888 g/mol. The van der Waals surface area contributed by atoms with E-state index in [4.69, 9.17) is 35.5 Å². The maximum atomic E-state index is 13.7. The molecule has 5 amide bonds. The van der Waals surface area contributed by atoms with Crippen LogP contribution in [0.4, 0.5) is 0 Å². The summed E-state index contributed by atoms with van der Waals surface area (Å²) < 4.78 is 23.7. The van der Waals surface area contributed by atoms with E-state index in [9.17, 15) is 33.6 Å². The minimum Gasteiger partial charge on any atom is -0.483 e. The average Bonchev–Trinajstić information content (AvgIpc) is 3.85. The number of rotatable bonds is 18. The first kappa shape index (κ1) is 43.9. The van der Waals surface area contributed by atoms with Crippen molar-refractivity contribution in [3.8, 4) is 10.8 Å². The topological polar surface area (TPSA) is 227 Å². The van der Waals surface area contributed by atoms with Gasteiger partial charge in [-0.15, -0.1) is 21.5 Å². The van der Waals surface area contributed by atoms with E-state index in [1.807, 2.05) is 30.5 Å². The Morgan fingerprint density at radius 2 is 1.71 bits per heavy atom. The van der Waals surface area contributed by atoms with Crippen molar-refractivity contribution in [1.29, 1.82) is 0 Å². The van der Waals surface area contributed by atoms with Gasteiger partial charge in [0.25, 0.3) is 17.7 Å². The lowest BCUT2D eigenvalue weighted by Crippen LogP contribution is -2.54. The number of aromatic nitrogens is 3. The van der Waals surface area contributed by atoms with Crippen molar-refractivity contribution in [3.63, 3.8) is 0 Å². The summed E-state index contributed by atoms with van der Waals surface area (Å²) in [6.07, 6.45) is 0.660. The number of benzene rings is 2. The number of nitrogens with one attached hydrogen (secondary N) is 2. The summed E-state index contributed by atoms with van der Waals surface area (Å²) in [7, 11) is 1.32. The van der Waals surface area contributed by atoms with E-state index in [1.54, 1.807) is 12.1 Å².